The predicted molar refractivity (Wildman–Crippen MR) is 151 cm³/mol. The number of sulfone groups is 1. The van der Waals surface area contributed by atoms with Gasteiger partial charge in [0.15, 0.2) is 9.84 Å². The Morgan fingerprint density at radius 2 is 1.52 bits per heavy atom. The number of rotatable bonds is 10. The molecule has 0 bridgehead atoms. The summed E-state index contributed by atoms with van der Waals surface area (Å²) in [4.78, 5) is 47.6. The molecule has 0 spiro atoms. The summed E-state index contributed by atoms with van der Waals surface area (Å²) in [6.45, 7) is 3.12. The first kappa shape index (κ1) is 29.8. The zero-order chi connectivity index (χ0) is 29.4. The van der Waals surface area contributed by atoms with E-state index in [0.717, 1.165) is 11.8 Å². The van der Waals surface area contributed by atoms with Gasteiger partial charge in [0, 0.05) is 24.6 Å². The Bertz CT molecular complexity index is 1520. The van der Waals surface area contributed by atoms with Crippen LogP contribution in [0.3, 0.4) is 0 Å². The summed E-state index contributed by atoms with van der Waals surface area (Å²) >= 11 is 0. The average molecular weight is 567 g/mol. The Hall–Kier alpha value is -4.71. The van der Waals surface area contributed by atoms with E-state index in [1.165, 1.54) is 19.1 Å². The normalized spacial score (nSPS) is 11.7. The third-order valence-corrected chi connectivity index (χ3v) is 6.94. The third-order valence-electron chi connectivity index (χ3n) is 5.80. The summed E-state index contributed by atoms with van der Waals surface area (Å²) < 4.78 is 24.9. The Kier molecular flexibility index (Phi) is 9.62. The molecule has 0 fully saturated rings. The minimum absolute atomic E-state index is 0.0726. The van der Waals surface area contributed by atoms with Crippen molar-refractivity contribution in [1.82, 2.24) is 5.32 Å². The minimum Gasteiger partial charge on any atom is -0.481 e. The van der Waals surface area contributed by atoms with Crippen LogP contribution in [-0.2, 0) is 30.6 Å². The Morgan fingerprint density at radius 3 is 2.12 bits per heavy atom. The maximum absolute atomic E-state index is 12.7. The molecule has 3 aromatic rings. The zero-order valence-electron chi connectivity index (χ0n) is 22.1. The van der Waals surface area contributed by atoms with Gasteiger partial charge in [-0.05, 0) is 53.9 Å². The summed E-state index contributed by atoms with van der Waals surface area (Å²) in [5.41, 5.74) is 2.89. The molecule has 3 aromatic carbocycles. The number of carboxylic acid groups (broad SMARTS) is 1. The second kappa shape index (κ2) is 12.9. The number of aliphatic carboxylic acids is 1. The number of para-hydroxylation sites is 1. The Morgan fingerprint density at radius 1 is 0.875 bits per heavy atom. The van der Waals surface area contributed by atoms with Gasteiger partial charge < -0.3 is 26.4 Å². The molecular weight excluding hydrogens is 536 g/mol. The summed E-state index contributed by atoms with van der Waals surface area (Å²) in [7, 11) is -3.75. The highest BCUT2D eigenvalue weighted by Gasteiger charge is 2.19. The molecule has 0 aliphatic heterocycles. The number of carboxylic acids is 1. The van der Waals surface area contributed by atoms with E-state index in [4.69, 9.17) is 5.11 Å². The van der Waals surface area contributed by atoms with E-state index in [0.29, 0.717) is 22.5 Å². The number of hydrogen-bond donors (Lipinski definition) is 5. The van der Waals surface area contributed by atoms with Gasteiger partial charge in [-0.25, -0.2) is 13.2 Å². The minimum atomic E-state index is -3.75. The number of anilines is 3. The maximum atomic E-state index is 12.7. The molecule has 5 N–H and O–H groups in total. The topological polar surface area (TPSA) is 171 Å². The molecule has 0 heterocycles. The zero-order valence-corrected chi connectivity index (χ0v) is 23.0. The van der Waals surface area contributed by atoms with Crippen molar-refractivity contribution < 1.29 is 32.7 Å². The fraction of sp³-hybridized carbons (Fsp3) is 0.214. The predicted octanol–water partition coefficient (Wildman–Crippen LogP) is 3.88. The van der Waals surface area contributed by atoms with Crippen molar-refractivity contribution in [3.63, 3.8) is 0 Å². The first-order chi connectivity index (χ1) is 18.8. The van der Waals surface area contributed by atoms with E-state index < -0.39 is 33.8 Å². The van der Waals surface area contributed by atoms with E-state index in [9.17, 15) is 27.6 Å². The lowest BCUT2D eigenvalue weighted by Crippen LogP contribution is -2.28. The molecular formula is C28H30N4O7S. The maximum Gasteiger partial charge on any atom is 0.323 e. The Labute approximate surface area is 231 Å². The highest BCUT2D eigenvalue weighted by atomic mass is 32.2. The molecule has 210 valence electrons. The molecule has 4 amide bonds. The summed E-state index contributed by atoms with van der Waals surface area (Å²) in [5, 5.41) is 19.6. The molecule has 0 aliphatic rings. The van der Waals surface area contributed by atoms with Gasteiger partial charge in [-0.3, -0.25) is 14.4 Å². The SMILES string of the molecule is CC(=O)NC(CC(=O)O)c1ccc(NC(=O)Cc2ccc(NC(=O)Nc3ccccc3C)c(S(C)(=O)=O)c2)cc1. The van der Waals surface area contributed by atoms with Crippen LogP contribution in [0.15, 0.2) is 71.6 Å². The smallest absolute Gasteiger partial charge is 0.323 e. The van der Waals surface area contributed by atoms with Gasteiger partial charge in [0.2, 0.25) is 11.8 Å². The van der Waals surface area contributed by atoms with Crippen molar-refractivity contribution in [2.45, 2.75) is 37.6 Å². The molecule has 0 saturated carbocycles. The lowest BCUT2D eigenvalue weighted by molar-refractivity contribution is -0.137. The molecule has 0 radical (unpaired) electrons. The van der Waals surface area contributed by atoms with Crippen LogP contribution in [-0.4, -0.2) is 43.6 Å². The van der Waals surface area contributed by atoms with Crippen molar-refractivity contribution in [3.8, 4) is 0 Å². The second-order valence-corrected chi connectivity index (χ2v) is 11.2. The van der Waals surface area contributed by atoms with Gasteiger partial charge in [0.1, 0.15) is 0 Å². The van der Waals surface area contributed by atoms with Gasteiger partial charge >= 0.3 is 12.0 Å². The van der Waals surface area contributed by atoms with Gasteiger partial charge in [-0.15, -0.1) is 0 Å². The number of benzene rings is 3. The molecule has 0 aromatic heterocycles. The van der Waals surface area contributed by atoms with E-state index in [1.807, 2.05) is 19.1 Å². The largest absolute Gasteiger partial charge is 0.481 e. The highest BCUT2D eigenvalue weighted by Crippen LogP contribution is 2.25. The van der Waals surface area contributed by atoms with Crippen molar-refractivity contribution in [2.75, 3.05) is 22.2 Å². The van der Waals surface area contributed by atoms with Crippen molar-refractivity contribution >= 4 is 50.7 Å². The van der Waals surface area contributed by atoms with Crippen LogP contribution in [0.25, 0.3) is 0 Å². The average Bonchev–Trinajstić information content (AvgIpc) is 2.85. The van der Waals surface area contributed by atoms with Gasteiger partial charge in [0.05, 0.1) is 29.5 Å². The van der Waals surface area contributed by atoms with Crippen molar-refractivity contribution in [2.24, 2.45) is 0 Å². The van der Waals surface area contributed by atoms with Gasteiger partial charge in [-0.1, -0.05) is 36.4 Å². The summed E-state index contributed by atoms with van der Waals surface area (Å²) in [6, 6.07) is 16.5. The number of amides is 4. The molecule has 3 rings (SSSR count). The number of carbonyl (C=O) groups excluding carboxylic acids is 3. The van der Waals surface area contributed by atoms with Crippen LogP contribution < -0.4 is 21.3 Å². The van der Waals surface area contributed by atoms with Crippen LogP contribution in [0.1, 0.15) is 36.1 Å². The molecule has 12 heteroatoms. The Balaban J connectivity index is 1.70. The molecule has 40 heavy (non-hydrogen) atoms. The molecule has 0 aliphatic carbocycles. The van der Waals surface area contributed by atoms with Crippen LogP contribution in [0.5, 0.6) is 0 Å². The first-order valence-electron chi connectivity index (χ1n) is 12.2. The molecule has 0 saturated heterocycles. The number of urea groups is 1. The van der Waals surface area contributed by atoms with Gasteiger partial charge in [-0.2, -0.15) is 0 Å². The fourth-order valence-corrected chi connectivity index (χ4v) is 4.82. The van der Waals surface area contributed by atoms with Crippen LogP contribution in [0.4, 0.5) is 21.9 Å². The first-order valence-corrected chi connectivity index (χ1v) is 14.1. The monoisotopic (exact) mass is 566 g/mol. The van der Waals surface area contributed by atoms with Crippen molar-refractivity contribution in [1.29, 1.82) is 0 Å². The molecule has 11 nitrogen and oxygen atoms in total. The van der Waals surface area contributed by atoms with Crippen LogP contribution >= 0.6 is 0 Å². The van der Waals surface area contributed by atoms with Crippen LogP contribution in [0.2, 0.25) is 0 Å². The molecule has 1 atom stereocenters. The number of hydrogen-bond acceptors (Lipinski definition) is 6. The number of carbonyl (C=O) groups is 4. The van der Waals surface area contributed by atoms with E-state index in [1.54, 1.807) is 42.5 Å². The second-order valence-electron chi connectivity index (χ2n) is 9.19. The number of nitrogens with one attached hydrogen (secondary N) is 4. The van der Waals surface area contributed by atoms with E-state index >= 15 is 0 Å². The highest BCUT2D eigenvalue weighted by molar-refractivity contribution is 7.90. The lowest BCUT2D eigenvalue weighted by atomic mass is 10.0. The third kappa shape index (κ3) is 8.67. The lowest BCUT2D eigenvalue weighted by Gasteiger charge is -2.17. The van der Waals surface area contributed by atoms with E-state index in [-0.39, 0.29) is 29.3 Å². The van der Waals surface area contributed by atoms with Crippen LogP contribution in [0, 0.1) is 6.92 Å². The molecule has 1 unspecified atom stereocenters. The summed E-state index contributed by atoms with van der Waals surface area (Å²) in [6.07, 6.45) is 0.566. The summed E-state index contributed by atoms with van der Waals surface area (Å²) in [5.74, 6) is -1.86. The van der Waals surface area contributed by atoms with Crippen molar-refractivity contribution in [3.05, 3.63) is 83.4 Å². The standard InChI is InChI=1S/C28H30N4O7S/c1-17-6-4-5-7-22(17)31-28(37)32-23-13-8-19(14-25(23)40(3,38)39)15-26(34)30-21-11-9-20(10-12-21)24(16-27(35)36)29-18(2)33/h4-14,24H,15-16H2,1-3H3,(H,29,33)(H,30,34)(H,35,36)(H2,31,32,37). The number of aryl methyl sites for hydroxylation is 1. The quantitative estimate of drug-likeness (QED) is 0.248. The van der Waals surface area contributed by atoms with Gasteiger partial charge in [0.25, 0.3) is 0 Å². The fourth-order valence-electron chi connectivity index (χ4n) is 3.94. The van der Waals surface area contributed by atoms with E-state index in [2.05, 4.69) is 21.3 Å².